The van der Waals surface area contributed by atoms with E-state index in [1.165, 1.54) is 6.07 Å². The largest absolute Gasteiger partial charge is 0.416 e. The van der Waals surface area contributed by atoms with Gasteiger partial charge in [-0.2, -0.15) is 13.2 Å². The third-order valence-electron chi connectivity index (χ3n) is 2.71. The van der Waals surface area contributed by atoms with E-state index in [0.29, 0.717) is 5.69 Å². The summed E-state index contributed by atoms with van der Waals surface area (Å²) in [5, 5.41) is 5.10. The summed E-state index contributed by atoms with van der Waals surface area (Å²) in [7, 11) is 0. The monoisotopic (exact) mass is 383 g/mol. The van der Waals surface area contributed by atoms with Crippen LogP contribution in [0.2, 0.25) is 5.02 Å². The van der Waals surface area contributed by atoms with Gasteiger partial charge < -0.3 is 5.32 Å². The second-order valence-corrected chi connectivity index (χ2v) is 6.40. The molecule has 0 radical (unpaired) electrons. The Hall–Kier alpha value is -0.720. The predicted molar refractivity (Wildman–Crippen MR) is 80.5 cm³/mol. The van der Waals surface area contributed by atoms with Crippen LogP contribution in [0.3, 0.4) is 0 Å². The highest BCUT2D eigenvalue weighted by Crippen LogP contribution is 2.36. The lowest BCUT2D eigenvalue weighted by molar-refractivity contribution is -0.137. The molecule has 1 heterocycles. The molecule has 0 aliphatic carbocycles. The number of alkyl halides is 3. The van der Waals surface area contributed by atoms with Crippen LogP contribution >= 0.6 is 38.9 Å². The van der Waals surface area contributed by atoms with Crippen LogP contribution in [0.25, 0.3) is 0 Å². The Labute approximate surface area is 131 Å². The Morgan fingerprint density at radius 2 is 2.00 bits per heavy atom. The molecule has 7 heteroatoms. The minimum Gasteiger partial charge on any atom is -0.376 e. The summed E-state index contributed by atoms with van der Waals surface area (Å²) in [6.45, 7) is 1.92. The number of halogens is 5. The molecular weight excluding hydrogens is 375 g/mol. The molecule has 0 aliphatic heterocycles. The van der Waals surface area contributed by atoms with Crippen molar-refractivity contribution in [2.24, 2.45) is 0 Å². The van der Waals surface area contributed by atoms with Crippen LogP contribution in [0, 0.1) is 0 Å². The van der Waals surface area contributed by atoms with Crippen molar-refractivity contribution in [1.29, 1.82) is 0 Å². The lowest BCUT2D eigenvalue weighted by Crippen LogP contribution is -2.08. The van der Waals surface area contributed by atoms with Gasteiger partial charge in [-0.1, -0.05) is 11.6 Å². The highest BCUT2D eigenvalue weighted by atomic mass is 79.9. The van der Waals surface area contributed by atoms with Crippen molar-refractivity contribution in [1.82, 2.24) is 0 Å². The average Bonchev–Trinajstić information content (AvgIpc) is 2.76. The molecule has 0 fully saturated rings. The number of benzene rings is 1. The highest BCUT2D eigenvalue weighted by Gasteiger charge is 2.31. The van der Waals surface area contributed by atoms with Gasteiger partial charge in [-0.3, -0.25) is 0 Å². The molecule has 1 nitrogen and oxygen atoms in total. The Morgan fingerprint density at radius 1 is 1.30 bits per heavy atom. The fourth-order valence-electron chi connectivity index (χ4n) is 1.72. The van der Waals surface area contributed by atoms with E-state index in [4.69, 9.17) is 11.6 Å². The number of nitrogens with one attached hydrogen (secondary N) is 1. The number of anilines is 1. The van der Waals surface area contributed by atoms with E-state index in [1.54, 1.807) is 11.3 Å². The fraction of sp³-hybridized carbons (Fsp3) is 0.231. The molecule has 1 atom stereocenters. The van der Waals surface area contributed by atoms with E-state index in [1.807, 2.05) is 18.4 Å². The highest BCUT2D eigenvalue weighted by molar-refractivity contribution is 9.10. The van der Waals surface area contributed by atoms with E-state index < -0.39 is 11.7 Å². The van der Waals surface area contributed by atoms with Crippen molar-refractivity contribution in [2.75, 3.05) is 5.32 Å². The summed E-state index contributed by atoms with van der Waals surface area (Å²) in [4.78, 5) is 1.06. The SMILES string of the molecule is CC(Nc1ccc(C(F)(F)F)cc1Cl)c1sccc1Br. The minimum atomic E-state index is -4.38. The van der Waals surface area contributed by atoms with Crippen molar-refractivity contribution in [3.8, 4) is 0 Å². The van der Waals surface area contributed by atoms with Gasteiger partial charge in [-0.25, -0.2) is 0 Å². The molecule has 2 aromatic rings. The van der Waals surface area contributed by atoms with E-state index >= 15 is 0 Å². The fourth-order valence-corrected chi connectivity index (χ4v) is 3.68. The van der Waals surface area contributed by atoms with Crippen LogP contribution in [-0.4, -0.2) is 0 Å². The van der Waals surface area contributed by atoms with Gasteiger partial charge in [0.05, 0.1) is 22.3 Å². The molecule has 108 valence electrons. The van der Waals surface area contributed by atoms with Gasteiger partial charge in [-0.15, -0.1) is 11.3 Å². The van der Waals surface area contributed by atoms with Crippen LogP contribution in [-0.2, 0) is 6.18 Å². The third kappa shape index (κ3) is 3.48. The molecule has 20 heavy (non-hydrogen) atoms. The first-order valence-corrected chi connectivity index (χ1v) is 7.70. The first-order chi connectivity index (χ1) is 9.29. The molecule has 0 bridgehead atoms. The normalized spacial score (nSPS) is 13.3. The molecule has 1 aromatic heterocycles. The Bertz CT molecular complexity index is 612. The number of rotatable bonds is 3. The van der Waals surface area contributed by atoms with Crippen LogP contribution in [0.5, 0.6) is 0 Å². The van der Waals surface area contributed by atoms with Crippen LogP contribution in [0.1, 0.15) is 23.4 Å². The number of hydrogen-bond donors (Lipinski definition) is 1. The van der Waals surface area contributed by atoms with E-state index in [-0.39, 0.29) is 11.1 Å². The second kappa shape index (κ2) is 5.95. The van der Waals surface area contributed by atoms with Gasteiger partial charge >= 0.3 is 6.18 Å². The predicted octanol–water partition coefficient (Wildman–Crippen LogP) is 6.36. The van der Waals surface area contributed by atoms with Gasteiger partial charge in [0.15, 0.2) is 0 Å². The maximum absolute atomic E-state index is 12.6. The molecule has 0 spiro atoms. The van der Waals surface area contributed by atoms with Gasteiger partial charge in [0, 0.05) is 9.35 Å². The smallest absolute Gasteiger partial charge is 0.376 e. The van der Waals surface area contributed by atoms with Crippen LogP contribution < -0.4 is 5.32 Å². The summed E-state index contributed by atoms with van der Waals surface area (Å²) < 4.78 is 38.6. The minimum absolute atomic E-state index is 0.0550. The van der Waals surface area contributed by atoms with Gasteiger partial charge in [0.25, 0.3) is 0 Å². The summed E-state index contributed by atoms with van der Waals surface area (Å²) in [6, 6.07) is 5.17. The van der Waals surface area contributed by atoms with Gasteiger partial charge in [-0.05, 0) is 52.5 Å². The molecule has 0 saturated heterocycles. The number of thiophene rings is 1. The molecule has 2 rings (SSSR count). The zero-order valence-electron chi connectivity index (χ0n) is 10.3. The Balaban J connectivity index is 2.21. The quantitative estimate of drug-likeness (QED) is 0.649. The molecule has 0 saturated carbocycles. The van der Waals surface area contributed by atoms with Gasteiger partial charge in [0.2, 0.25) is 0 Å². The maximum Gasteiger partial charge on any atom is 0.416 e. The Kier molecular flexibility index (Phi) is 4.66. The topological polar surface area (TPSA) is 12.0 Å². The standard InChI is InChI=1S/C13H10BrClF3NS/c1-7(12-9(14)4-5-20-12)19-11-3-2-8(6-10(11)15)13(16,17)18/h2-7,19H,1H3. The van der Waals surface area contributed by atoms with E-state index in [0.717, 1.165) is 21.5 Å². The lowest BCUT2D eigenvalue weighted by Gasteiger charge is -2.17. The first-order valence-electron chi connectivity index (χ1n) is 5.65. The van der Waals surface area contributed by atoms with Crippen molar-refractivity contribution < 1.29 is 13.2 Å². The summed E-state index contributed by atoms with van der Waals surface area (Å²) in [5.41, 5.74) is -0.273. The lowest BCUT2D eigenvalue weighted by atomic mass is 10.2. The van der Waals surface area contributed by atoms with Crippen LogP contribution in [0.4, 0.5) is 18.9 Å². The zero-order chi connectivity index (χ0) is 14.9. The molecule has 1 unspecified atom stereocenters. The van der Waals surface area contributed by atoms with Crippen molar-refractivity contribution in [2.45, 2.75) is 19.1 Å². The summed E-state index contributed by atoms with van der Waals surface area (Å²) in [6.07, 6.45) is -4.38. The first kappa shape index (κ1) is 15.7. The number of hydrogen-bond acceptors (Lipinski definition) is 2. The van der Waals surface area contributed by atoms with Gasteiger partial charge in [0.1, 0.15) is 0 Å². The van der Waals surface area contributed by atoms with E-state index in [2.05, 4.69) is 21.2 Å². The second-order valence-electron chi connectivity index (χ2n) is 4.19. The van der Waals surface area contributed by atoms with Crippen molar-refractivity contribution >= 4 is 44.6 Å². The maximum atomic E-state index is 12.6. The third-order valence-corrected chi connectivity index (χ3v) is 5.07. The average molecular weight is 385 g/mol. The molecule has 1 N–H and O–H groups in total. The summed E-state index contributed by atoms with van der Waals surface area (Å²) in [5.74, 6) is 0. The molecule has 0 aliphatic rings. The molecular formula is C13H10BrClF3NS. The van der Waals surface area contributed by atoms with E-state index in [9.17, 15) is 13.2 Å². The molecule has 0 amide bonds. The van der Waals surface area contributed by atoms with Crippen molar-refractivity contribution in [3.05, 3.63) is 49.6 Å². The molecule has 1 aromatic carbocycles. The van der Waals surface area contributed by atoms with Crippen LogP contribution in [0.15, 0.2) is 34.1 Å². The van der Waals surface area contributed by atoms with Crippen molar-refractivity contribution in [3.63, 3.8) is 0 Å². The Morgan fingerprint density at radius 3 is 2.50 bits per heavy atom. The zero-order valence-corrected chi connectivity index (χ0v) is 13.4. The summed E-state index contributed by atoms with van der Waals surface area (Å²) >= 11 is 10.9.